The van der Waals surface area contributed by atoms with Crippen LogP contribution in [-0.4, -0.2) is 18.1 Å². The van der Waals surface area contributed by atoms with E-state index in [9.17, 15) is 13.6 Å². The van der Waals surface area contributed by atoms with E-state index in [1.54, 1.807) is 0 Å². The number of hydrogen-bond acceptors (Lipinski definition) is 3. The standard InChI is InChI=1S/C10H10BrF2NO2/c1-5-8(10(12)13)9(11)6(4-14-5)3-7(15)16-2/h4,10H,3H2,1-2H3. The highest BCUT2D eigenvalue weighted by molar-refractivity contribution is 9.10. The first-order valence-electron chi connectivity index (χ1n) is 4.46. The van der Waals surface area contributed by atoms with E-state index in [1.165, 1.54) is 20.2 Å². The summed E-state index contributed by atoms with van der Waals surface area (Å²) in [7, 11) is 1.24. The van der Waals surface area contributed by atoms with E-state index in [2.05, 4.69) is 25.7 Å². The lowest BCUT2D eigenvalue weighted by Gasteiger charge is -2.10. The zero-order chi connectivity index (χ0) is 12.3. The number of hydrogen-bond donors (Lipinski definition) is 0. The molecule has 1 aromatic rings. The second-order valence-electron chi connectivity index (χ2n) is 3.15. The van der Waals surface area contributed by atoms with Gasteiger partial charge in [0.05, 0.1) is 19.1 Å². The van der Waals surface area contributed by atoms with Gasteiger partial charge in [-0.1, -0.05) is 0 Å². The summed E-state index contributed by atoms with van der Waals surface area (Å²) >= 11 is 3.06. The monoisotopic (exact) mass is 293 g/mol. The molecule has 0 radical (unpaired) electrons. The number of halogens is 3. The molecule has 0 bridgehead atoms. The van der Waals surface area contributed by atoms with Crippen molar-refractivity contribution in [2.45, 2.75) is 19.8 Å². The fourth-order valence-corrected chi connectivity index (χ4v) is 1.94. The van der Waals surface area contributed by atoms with Crippen LogP contribution < -0.4 is 0 Å². The van der Waals surface area contributed by atoms with E-state index in [0.717, 1.165) is 0 Å². The van der Waals surface area contributed by atoms with Crippen LogP contribution in [0.15, 0.2) is 10.7 Å². The minimum atomic E-state index is -2.63. The van der Waals surface area contributed by atoms with Gasteiger partial charge in [0.25, 0.3) is 6.43 Å². The fraction of sp³-hybridized carbons (Fsp3) is 0.400. The van der Waals surface area contributed by atoms with E-state index in [1.807, 2.05) is 0 Å². The average molecular weight is 294 g/mol. The Balaban J connectivity index is 3.13. The van der Waals surface area contributed by atoms with E-state index >= 15 is 0 Å². The van der Waals surface area contributed by atoms with Crippen LogP contribution in [0.3, 0.4) is 0 Å². The van der Waals surface area contributed by atoms with Crippen molar-refractivity contribution in [1.82, 2.24) is 4.98 Å². The fourth-order valence-electron chi connectivity index (χ4n) is 1.24. The van der Waals surface area contributed by atoms with Gasteiger partial charge in [-0.2, -0.15) is 0 Å². The molecule has 0 aliphatic carbocycles. The summed E-state index contributed by atoms with van der Waals surface area (Å²) in [5.41, 5.74) is 0.463. The van der Waals surface area contributed by atoms with Crippen molar-refractivity contribution in [2.75, 3.05) is 7.11 Å². The number of pyridine rings is 1. The van der Waals surface area contributed by atoms with Crippen molar-refractivity contribution >= 4 is 21.9 Å². The molecule has 0 aliphatic rings. The molecule has 0 unspecified atom stereocenters. The van der Waals surface area contributed by atoms with Gasteiger partial charge in [0, 0.05) is 16.4 Å². The van der Waals surface area contributed by atoms with Gasteiger partial charge in [0.2, 0.25) is 0 Å². The molecule has 0 aliphatic heterocycles. The van der Waals surface area contributed by atoms with Crippen LogP contribution in [0.25, 0.3) is 0 Å². The number of esters is 1. The predicted molar refractivity (Wildman–Crippen MR) is 57.4 cm³/mol. The third-order valence-electron chi connectivity index (χ3n) is 2.10. The van der Waals surface area contributed by atoms with E-state index in [4.69, 9.17) is 0 Å². The highest BCUT2D eigenvalue weighted by Crippen LogP contribution is 2.32. The third-order valence-corrected chi connectivity index (χ3v) is 3.04. The molecule has 88 valence electrons. The predicted octanol–water partition coefficient (Wildman–Crippen LogP) is 2.81. The Hall–Kier alpha value is -1.04. The number of rotatable bonds is 3. The summed E-state index contributed by atoms with van der Waals surface area (Å²) in [5, 5.41) is 0. The van der Waals surface area contributed by atoms with Gasteiger partial charge in [-0.15, -0.1) is 0 Å². The number of carbonyl (C=O) groups is 1. The van der Waals surface area contributed by atoms with Crippen LogP contribution in [0.1, 0.15) is 23.2 Å². The lowest BCUT2D eigenvalue weighted by atomic mass is 10.1. The Kier molecular flexibility index (Phi) is 4.35. The maximum Gasteiger partial charge on any atom is 0.310 e. The van der Waals surface area contributed by atoms with E-state index in [-0.39, 0.29) is 22.2 Å². The zero-order valence-electron chi connectivity index (χ0n) is 8.76. The van der Waals surface area contributed by atoms with Crippen LogP contribution in [-0.2, 0) is 16.0 Å². The molecule has 0 fully saturated rings. The Bertz CT molecular complexity index is 410. The summed E-state index contributed by atoms with van der Waals surface area (Å²) in [6.07, 6.45) is -1.31. The summed E-state index contributed by atoms with van der Waals surface area (Å²) in [4.78, 5) is 14.9. The third kappa shape index (κ3) is 2.75. The lowest BCUT2D eigenvalue weighted by molar-refractivity contribution is -0.139. The Morgan fingerprint density at radius 2 is 2.25 bits per heavy atom. The van der Waals surface area contributed by atoms with Crippen molar-refractivity contribution in [3.8, 4) is 0 Å². The normalized spacial score (nSPS) is 10.6. The molecule has 0 saturated carbocycles. The molecular weight excluding hydrogens is 284 g/mol. The largest absolute Gasteiger partial charge is 0.469 e. The molecule has 3 nitrogen and oxygen atoms in total. The topological polar surface area (TPSA) is 39.2 Å². The molecular formula is C10H10BrF2NO2. The van der Waals surface area contributed by atoms with Crippen LogP contribution in [0, 0.1) is 6.92 Å². The number of ether oxygens (including phenoxy) is 1. The average Bonchev–Trinajstić information content (AvgIpc) is 2.21. The lowest BCUT2D eigenvalue weighted by Crippen LogP contribution is -2.07. The van der Waals surface area contributed by atoms with Gasteiger partial charge in [0.15, 0.2) is 0 Å². The highest BCUT2D eigenvalue weighted by atomic mass is 79.9. The number of methoxy groups -OCH3 is 1. The summed E-state index contributed by atoms with van der Waals surface area (Å²) in [6, 6.07) is 0. The molecule has 1 rings (SSSR count). The van der Waals surface area contributed by atoms with Crippen molar-refractivity contribution < 1.29 is 18.3 Å². The molecule has 0 spiro atoms. The van der Waals surface area contributed by atoms with Crippen LogP contribution in [0.4, 0.5) is 8.78 Å². The summed E-state index contributed by atoms with van der Waals surface area (Å²) in [5.74, 6) is -0.494. The molecule has 0 N–H and O–H groups in total. The minimum Gasteiger partial charge on any atom is -0.469 e. The minimum absolute atomic E-state index is 0.0793. The van der Waals surface area contributed by atoms with Crippen molar-refractivity contribution in [1.29, 1.82) is 0 Å². The maximum atomic E-state index is 12.7. The Labute approximate surface area is 99.9 Å². The number of alkyl halides is 2. The van der Waals surface area contributed by atoms with Crippen LogP contribution in [0.5, 0.6) is 0 Å². The number of carbonyl (C=O) groups excluding carboxylic acids is 1. The quantitative estimate of drug-likeness (QED) is 0.805. The van der Waals surface area contributed by atoms with Gasteiger partial charge in [-0.25, -0.2) is 8.78 Å². The SMILES string of the molecule is COC(=O)Cc1cnc(C)c(C(F)F)c1Br. The van der Waals surface area contributed by atoms with Crippen molar-refractivity contribution in [3.05, 3.63) is 27.5 Å². The van der Waals surface area contributed by atoms with E-state index < -0.39 is 12.4 Å². The maximum absolute atomic E-state index is 12.7. The van der Waals surface area contributed by atoms with E-state index in [0.29, 0.717) is 5.56 Å². The highest BCUT2D eigenvalue weighted by Gasteiger charge is 2.19. The smallest absolute Gasteiger partial charge is 0.310 e. The molecule has 6 heteroatoms. The molecule has 0 atom stereocenters. The molecule has 0 amide bonds. The second-order valence-corrected chi connectivity index (χ2v) is 3.94. The molecule has 0 saturated heterocycles. The van der Waals surface area contributed by atoms with Crippen molar-refractivity contribution in [3.63, 3.8) is 0 Å². The Morgan fingerprint density at radius 3 is 2.75 bits per heavy atom. The van der Waals surface area contributed by atoms with Crippen LogP contribution >= 0.6 is 15.9 Å². The number of aryl methyl sites for hydroxylation is 1. The van der Waals surface area contributed by atoms with Gasteiger partial charge in [0.1, 0.15) is 0 Å². The first-order valence-corrected chi connectivity index (χ1v) is 5.25. The van der Waals surface area contributed by atoms with Gasteiger partial charge in [-0.3, -0.25) is 9.78 Å². The number of aromatic nitrogens is 1. The van der Waals surface area contributed by atoms with Crippen LogP contribution in [0.2, 0.25) is 0 Å². The molecule has 1 aromatic heterocycles. The molecule has 1 heterocycles. The molecule has 0 aromatic carbocycles. The first kappa shape index (κ1) is 13.0. The van der Waals surface area contributed by atoms with Gasteiger partial charge >= 0.3 is 5.97 Å². The number of nitrogens with zero attached hydrogens (tertiary/aromatic N) is 1. The zero-order valence-corrected chi connectivity index (χ0v) is 10.3. The second kappa shape index (κ2) is 5.34. The Morgan fingerprint density at radius 1 is 1.62 bits per heavy atom. The van der Waals surface area contributed by atoms with Gasteiger partial charge in [-0.05, 0) is 28.4 Å². The first-order chi connectivity index (χ1) is 7.47. The van der Waals surface area contributed by atoms with Crippen molar-refractivity contribution in [2.24, 2.45) is 0 Å². The van der Waals surface area contributed by atoms with Gasteiger partial charge < -0.3 is 4.74 Å². The molecule has 16 heavy (non-hydrogen) atoms. The summed E-state index contributed by atoms with van der Waals surface area (Å²) in [6.45, 7) is 1.49. The summed E-state index contributed by atoms with van der Waals surface area (Å²) < 4.78 is 30.1.